The summed E-state index contributed by atoms with van der Waals surface area (Å²) >= 11 is 1.43. The van der Waals surface area contributed by atoms with Crippen molar-refractivity contribution in [3.05, 3.63) is 84.1 Å². The molecule has 0 bridgehead atoms. The minimum Gasteiger partial charge on any atom is -0.294 e. The van der Waals surface area contributed by atoms with Crippen LogP contribution in [-0.2, 0) is 11.2 Å². The van der Waals surface area contributed by atoms with Gasteiger partial charge in [-0.1, -0.05) is 66.7 Å². The van der Waals surface area contributed by atoms with Gasteiger partial charge in [-0.3, -0.25) is 4.79 Å². The van der Waals surface area contributed by atoms with Gasteiger partial charge >= 0.3 is 0 Å². The van der Waals surface area contributed by atoms with Gasteiger partial charge in [0.05, 0.1) is 17.0 Å². The maximum Gasteiger partial charge on any atom is 0.161 e. The first kappa shape index (κ1) is 14.4. The zero-order valence-electron chi connectivity index (χ0n) is 12.0. The summed E-state index contributed by atoms with van der Waals surface area (Å²) in [5.74, 6) is 0.0637. The Hall–Kier alpha value is -2.52. The van der Waals surface area contributed by atoms with Gasteiger partial charge in [-0.2, -0.15) is 4.37 Å². The number of rotatable bonds is 5. The van der Waals surface area contributed by atoms with Crippen LogP contribution in [-0.4, -0.2) is 10.2 Å². The number of hydrogen-bond donors (Lipinski definition) is 0. The lowest BCUT2D eigenvalue weighted by molar-refractivity contribution is -0.114. The molecule has 0 spiro atoms. The zero-order valence-corrected chi connectivity index (χ0v) is 12.8. The molecule has 0 unspecified atom stereocenters. The van der Waals surface area contributed by atoms with Crippen LogP contribution >= 0.6 is 11.5 Å². The molecule has 3 aromatic rings. The summed E-state index contributed by atoms with van der Waals surface area (Å²) in [4.78, 5) is 13.1. The van der Waals surface area contributed by atoms with Gasteiger partial charge in [0.25, 0.3) is 0 Å². The minimum absolute atomic E-state index is 0.0637. The molecule has 0 amide bonds. The summed E-state index contributed by atoms with van der Waals surface area (Å²) in [7, 11) is 0. The van der Waals surface area contributed by atoms with Crippen molar-refractivity contribution in [2.75, 3.05) is 0 Å². The highest BCUT2D eigenvalue weighted by Gasteiger charge is 2.07. The molecule has 0 aliphatic heterocycles. The second-order valence-electron chi connectivity index (χ2n) is 4.94. The van der Waals surface area contributed by atoms with Crippen LogP contribution in [0.3, 0.4) is 0 Å². The predicted molar refractivity (Wildman–Crippen MR) is 91.7 cm³/mol. The van der Waals surface area contributed by atoms with Gasteiger partial charge in [0.1, 0.15) is 0 Å². The molecule has 0 fully saturated rings. The lowest BCUT2D eigenvalue weighted by Gasteiger charge is -1.94. The Bertz CT molecular complexity index is 775. The summed E-state index contributed by atoms with van der Waals surface area (Å²) < 4.78 is 4.37. The SMILES string of the molecule is O=C(/C=C/c1ccccc1)Cc1cc(-c2ccccc2)sn1. The molecular formula is C19H15NOS. The highest BCUT2D eigenvalue weighted by molar-refractivity contribution is 7.09. The van der Waals surface area contributed by atoms with Gasteiger partial charge in [-0.15, -0.1) is 0 Å². The number of carbonyl (C=O) groups is 1. The van der Waals surface area contributed by atoms with Crippen LogP contribution in [0.25, 0.3) is 16.5 Å². The number of carbonyl (C=O) groups excluding carboxylic acids is 1. The molecule has 22 heavy (non-hydrogen) atoms. The molecule has 0 atom stereocenters. The van der Waals surface area contributed by atoms with Gasteiger partial charge in [0, 0.05) is 0 Å². The van der Waals surface area contributed by atoms with E-state index in [1.54, 1.807) is 6.08 Å². The fourth-order valence-corrected chi connectivity index (χ4v) is 2.89. The fraction of sp³-hybridized carbons (Fsp3) is 0.0526. The van der Waals surface area contributed by atoms with Crippen molar-refractivity contribution in [2.45, 2.75) is 6.42 Å². The average molecular weight is 305 g/mol. The van der Waals surface area contributed by atoms with Crippen molar-refractivity contribution in [1.29, 1.82) is 0 Å². The van der Waals surface area contributed by atoms with E-state index in [2.05, 4.69) is 16.5 Å². The van der Waals surface area contributed by atoms with Crippen molar-refractivity contribution in [3.63, 3.8) is 0 Å². The number of hydrogen-bond acceptors (Lipinski definition) is 3. The Morgan fingerprint density at radius 3 is 2.41 bits per heavy atom. The van der Waals surface area contributed by atoms with E-state index >= 15 is 0 Å². The van der Waals surface area contributed by atoms with Gasteiger partial charge in [-0.05, 0) is 34.8 Å². The van der Waals surface area contributed by atoms with Crippen LogP contribution in [0.15, 0.2) is 72.8 Å². The van der Waals surface area contributed by atoms with E-state index in [1.807, 2.05) is 60.7 Å². The van der Waals surface area contributed by atoms with E-state index < -0.39 is 0 Å². The standard InChI is InChI=1S/C19H15NOS/c21-18(12-11-15-7-3-1-4-8-15)13-17-14-19(22-20-17)16-9-5-2-6-10-16/h1-12,14H,13H2/b12-11+. The molecule has 0 aliphatic rings. The number of ketones is 1. The van der Waals surface area contributed by atoms with Crippen molar-refractivity contribution in [2.24, 2.45) is 0 Å². The first-order chi connectivity index (χ1) is 10.8. The van der Waals surface area contributed by atoms with Crippen LogP contribution in [0.1, 0.15) is 11.3 Å². The Balaban J connectivity index is 1.65. The lowest BCUT2D eigenvalue weighted by atomic mass is 10.1. The molecule has 0 saturated carbocycles. The summed E-state index contributed by atoms with van der Waals surface area (Å²) in [6.07, 6.45) is 3.80. The average Bonchev–Trinajstić information content (AvgIpc) is 3.03. The van der Waals surface area contributed by atoms with Crippen molar-refractivity contribution in [3.8, 4) is 10.4 Å². The van der Waals surface area contributed by atoms with E-state index in [9.17, 15) is 4.79 Å². The molecular weight excluding hydrogens is 290 g/mol. The zero-order chi connectivity index (χ0) is 15.2. The molecule has 3 rings (SSSR count). The van der Waals surface area contributed by atoms with E-state index in [1.165, 1.54) is 11.5 Å². The third-order valence-corrected chi connectivity index (χ3v) is 4.11. The molecule has 2 nitrogen and oxygen atoms in total. The van der Waals surface area contributed by atoms with E-state index in [0.29, 0.717) is 6.42 Å². The van der Waals surface area contributed by atoms with Crippen LogP contribution in [0.4, 0.5) is 0 Å². The fourth-order valence-electron chi connectivity index (χ4n) is 2.12. The largest absolute Gasteiger partial charge is 0.294 e. The first-order valence-electron chi connectivity index (χ1n) is 7.08. The van der Waals surface area contributed by atoms with Crippen molar-refractivity contribution < 1.29 is 4.79 Å². The van der Waals surface area contributed by atoms with Crippen molar-refractivity contribution in [1.82, 2.24) is 4.37 Å². The number of benzene rings is 2. The molecule has 1 heterocycles. The number of allylic oxidation sites excluding steroid dienone is 1. The maximum atomic E-state index is 12.0. The number of aromatic nitrogens is 1. The Morgan fingerprint density at radius 1 is 1.00 bits per heavy atom. The topological polar surface area (TPSA) is 30.0 Å². The Morgan fingerprint density at radius 2 is 1.68 bits per heavy atom. The van der Waals surface area contributed by atoms with Gasteiger partial charge in [0.2, 0.25) is 0 Å². The molecule has 3 heteroatoms. The van der Waals surface area contributed by atoms with Crippen molar-refractivity contribution >= 4 is 23.4 Å². The monoisotopic (exact) mass is 305 g/mol. The highest BCUT2D eigenvalue weighted by atomic mass is 32.1. The quantitative estimate of drug-likeness (QED) is 0.643. The second kappa shape index (κ2) is 6.96. The molecule has 0 aliphatic carbocycles. The summed E-state index contributed by atoms with van der Waals surface area (Å²) in [6, 6.07) is 21.9. The second-order valence-corrected chi connectivity index (χ2v) is 5.74. The van der Waals surface area contributed by atoms with E-state index in [4.69, 9.17) is 0 Å². The lowest BCUT2D eigenvalue weighted by Crippen LogP contribution is -1.98. The van der Waals surface area contributed by atoms with Crippen LogP contribution in [0.5, 0.6) is 0 Å². The normalized spacial score (nSPS) is 10.9. The highest BCUT2D eigenvalue weighted by Crippen LogP contribution is 2.24. The van der Waals surface area contributed by atoms with Gasteiger partial charge < -0.3 is 0 Å². The smallest absolute Gasteiger partial charge is 0.161 e. The third-order valence-electron chi connectivity index (χ3n) is 3.23. The minimum atomic E-state index is 0.0637. The molecule has 108 valence electrons. The third kappa shape index (κ3) is 3.77. The summed E-state index contributed by atoms with van der Waals surface area (Å²) in [5.41, 5.74) is 2.99. The molecule has 2 aromatic carbocycles. The Labute approximate surface area is 133 Å². The van der Waals surface area contributed by atoms with Crippen LogP contribution < -0.4 is 0 Å². The summed E-state index contributed by atoms with van der Waals surface area (Å²) in [6.45, 7) is 0. The van der Waals surface area contributed by atoms with E-state index in [-0.39, 0.29) is 5.78 Å². The molecule has 0 radical (unpaired) electrons. The van der Waals surface area contributed by atoms with Crippen LogP contribution in [0.2, 0.25) is 0 Å². The van der Waals surface area contributed by atoms with Crippen LogP contribution in [0, 0.1) is 0 Å². The predicted octanol–water partition coefficient (Wildman–Crippen LogP) is 4.64. The number of nitrogens with zero attached hydrogens (tertiary/aromatic N) is 1. The first-order valence-corrected chi connectivity index (χ1v) is 7.85. The Kier molecular flexibility index (Phi) is 4.56. The van der Waals surface area contributed by atoms with E-state index in [0.717, 1.165) is 21.7 Å². The van der Waals surface area contributed by atoms with Gasteiger partial charge in [0.15, 0.2) is 5.78 Å². The van der Waals surface area contributed by atoms with Gasteiger partial charge in [-0.25, -0.2) is 0 Å². The maximum absolute atomic E-state index is 12.0. The molecule has 0 N–H and O–H groups in total. The molecule has 0 saturated heterocycles. The summed E-state index contributed by atoms with van der Waals surface area (Å²) in [5, 5.41) is 0. The molecule has 1 aromatic heterocycles.